The number of rotatable bonds is 5. The molecule has 0 radical (unpaired) electrons. The van der Waals surface area contributed by atoms with Crippen LogP contribution in [0.5, 0.6) is 11.5 Å². The Hall–Kier alpha value is -2.04. The van der Waals surface area contributed by atoms with Crippen molar-refractivity contribution < 1.29 is 9.47 Å². The first-order valence-corrected chi connectivity index (χ1v) is 14.2. The van der Waals surface area contributed by atoms with Gasteiger partial charge in [-0.25, -0.2) is 0 Å². The molecule has 2 saturated carbocycles. The smallest absolute Gasteiger partial charge is 0.142 e. The Bertz CT molecular complexity index is 900. The minimum Gasteiger partial charge on any atom is -0.478 e. The molecular formula is C31H42N2O2. The van der Waals surface area contributed by atoms with Gasteiger partial charge in [-0.2, -0.15) is 0 Å². The highest BCUT2D eigenvalue weighted by Gasteiger charge is 2.37. The lowest BCUT2D eigenvalue weighted by atomic mass is 9.67. The fourth-order valence-corrected chi connectivity index (χ4v) is 7.69. The Balaban J connectivity index is 0.993. The van der Waals surface area contributed by atoms with Gasteiger partial charge in [-0.15, -0.1) is 0 Å². The molecule has 2 heterocycles. The quantitative estimate of drug-likeness (QED) is 0.474. The molecule has 0 spiro atoms. The van der Waals surface area contributed by atoms with Crippen LogP contribution >= 0.6 is 0 Å². The molecule has 0 aromatic heterocycles. The average Bonchev–Trinajstić information content (AvgIpc) is 2.94. The predicted molar refractivity (Wildman–Crippen MR) is 140 cm³/mol. The Morgan fingerprint density at radius 3 is 1.51 bits per heavy atom. The van der Waals surface area contributed by atoms with Gasteiger partial charge in [0.1, 0.15) is 25.0 Å². The number of para-hydroxylation sites is 2. The maximum atomic E-state index is 6.07. The topological polar surface area (TPSA) is 24.9 Å². The van der Waals surface area contributed by atoms with Gasteiger partial charge in [0, 0.05) is 36.3 Å². The van der Waals surface area contributed by atoms with Gasteiger partial charge in [0.25, 0.3) is 0 Å². The Labute approximate surface area is 211 Å². The van der Waals surface area contributed by atoms with Crippen LogP contribution in [0.25, 0.3) is 0 Å². The molecule has 4 nitrogen and oxygen atoms in total. The zero-order valence-electron chi connectivity index (χ0n) is 21.4. The van der Waals surface area contributed by atoms with Crippen molar-refractivity contribution in [3.63, 3.8) is 0 Å². The van der Waals surface area contributed by atoms with Crippen LogP contribution in [0, 0.1) is 17.8 Å². The predicted octanol–water partition coefficient (Wildman–Crippen LogP) is 6.83. The summed E-state index contributed by atoms with van der Waals surface area (Å²) >= 11 is 0. The first-order chi connectivity index (χ1) is 17.3. The molecule has 2 aromatic carbocycles. The SMILES string of the molecule is CCC(C1CCC(N2COc3ccccc3C2)CC1)C1CCC(N2COc3ccccc3C2)CC1. The molecule has 0 saturated heterocycles. The third-order valence-electron chi connectivity index (χ3n) is 9.66. The fourth-order valence-electron chi connectivity index (χ4n) is 7.69. The molecule has 4 heteroatoms. The number of ether oxygens (including phenoxy) is 2. The van der Waals surface area contributed by atoms with E-state index in [0.29, 0.717) is 12.1 Å². The minimum atomic E-state index is 0.690. The van der Waals surface area contributed by atoms with Crippen LogP contribution in [0.15, 0.2) is 48.5 Å². The van der Waals surface area contributed by atoms with Crippen LogP contribution < -0.4 is 9.47 Å². The monoisotopic (exact) mass is 474 g/mol. The van der Waals surface area contributed by atoms with Gasteiger partial charge >= 0.3 is 0 Å². The normalized spacial score (nSPS) is 30.4. The van der Waals surface area contributed by atoms with Gasteiger partial charge in [0.2, 0.25) is 0 Å². The van der Waals surface area contributed by atoms with Crippen LogP contribution in [0.1, 0.15) is 75.8 Å². The van der Waals surface area contributed by atoms with Crippen molar-refractivity contribution in [3.8, 4) is 11.5 Å². The van der Waals surface area contributed by atoms with Crippen molar-refractivity contribution in [2.45, 2.75) is 89.9 Å². The molecule has 6 rings (SSSR count). The minimum absolute atomic E-state index is 0.690. The van der Waals surface area contributed by atoms with E-state index in [0.717, 1.165) is 55.8 Å². The van der Waals surface area contributed by atoms with E-state index in [9.17, 15) is 0 Å². The van der Waals surface area contributed by atoms with Crippen LogP contribution in [0.3, 0.4) is 0 Å². The van der Waals surface area contributed by atoms with Gasteiger partial charge in [0.05, 0.1) is 0 Å². The maximum absolute atomic E-state index is 6.07. The van der Waals surface area contributed by atoms with E-state index in [-0.39, 0.29) is 0 Å². The lowest BCUT2D eigenvalue weighted by Crippen LogP contribution is -2.44. The van der Waals surface area contributed by atoms with E-state index >= 15 is 0 Å². The third kappa shape index (κ3) is 4.97. The van der Waals surface area contributed by atoms with E-state index in [1.807, 2.05) is 0 Å². The summed E-state index contributed by atoms with van der Waals surface area (Å²) in [6.45, 7) is 6.08. The second kappa shape index (κ2) is 10.5. The molecule has 0 unspecified atom stereocenters. The summed E-state index contributed by atoms with van der Waals surface area (Å²) in [7, 11) is 0. The van der Waals surface area contributed by atoms with E-state index in [1.165, 1.54) is 68.9 Å². The summed E-state index contributed by atoms with van der Waals surface area (Å²) in [6.07, 6.45) is 12.3. The van der Waals surface area contributed by atoms with Crippen LogP contribution in [-0.2, 0) is 13.1 Å². The average molecular weight is 475 g/mol. The molecule has 188 valence electrons. The molecule has 35 heavy (non-hydrogen) atoms. The van der Waals surface area contributed by atoms with Crippen LogP contribution in [0.4, 0.5) is 0 Å². The van der Waals surface area contributed by atoms with E-state index in [4.69, 9.17) is 9.47 Å². The third-order valence-corrected chi connectivity index (χ3v) is 9.66. The summed E-state index contributed by atoms with van der Waals surface area (Å²) in [4.78, 5) is 5.17. The first kappa shape index (κ1) is 23.4. The molecule has 0 amide bonds. The highest BCUT2D eigenvalue weighted by molar-refractivity contribution is 5.35. The second-order valence-corrected chi connectivity index (χ2v) is 11.5. The lowest BCUT2D eigenvalue weighted by molar-refractivity contribution is 0.00932. The fraction of sp³-hybridized carbons (Fsp3) is 0.613. The summed E-state index contributed by atoms with van der Waals surface area (Å²) in [5.41, 5.74) is 2.71. The highest BCUT2D eigenvalue weighted by Crippen LogP contribution is 2.44. The number of hydrogen-bond acceptors (Lipinski definition) is 4. The number of benzene rings is 2. The molecule has 2 aromatic rings. The van der Waals surface area contributed by atoms with Crippen molar-refractivity contribution in [3.05, 3.63) is 59.7 Å². The highest BCUT2D eigenvalue weighted by atomic mass is 16.5. The van der Waals surface area contributed by atoms with Crippen LogP contribution in [-0.4, -0.2) is 35.3 Å². The Kier molecular flexibility index (Phi) is 7.02. The van der Waals surface area contributed by atoms with Gasteiger partial charge in [-0.1, -0.05) is 49.7 Å². The zero-order chi connectivity index (χ0) is 23.6. The van der Waals surface area contributed by atoms with Gasteiger partial charge < -0.3 is 9.47 Å². The molecule has 2 fully saturated rings. The molecule has 4 aliphatic rings. The van der Waals surface area contributed by atoms with Gasteiger partial charge in [-0.3, -0.25) is 9.80 Å². The van der Waals surface area contributed by atoms with E-state index in [2.05, 4.69) is 65.3 Å². The number of nitrogens with zero attached hydrogens (tertiary/aromatic N) is 2. The summed E-state index contributed by atoms with van der Waals surface area (Å²) < 4.78 is 12.1. The van der Waals surface area contributed by atoms with Crippen molar-refractivity contribution in [2.24, 2.45) is 17.8 Å². The van der Waals surface area contributed by atoms with Gasteiger partial charge in [0.15, 0.2) is 0 Å². The first-order valence-electron chi connectivity index (χ1n) is 14.2. The van der Waals surface area contributed by atoms with E-state index < -0.39 is 0 Å². The van der Waals surface area contributed by atoms with Crippen molar-refractivity contribution >= 4 is 0 Å². The zero-order valence-corrected chi connectivity index (χ0v) is 21.4. The largest absolute Gasteiger partial charge is 0.478 e. The summed E-state index contributed by atoms with van der Waals surface area (Å²) in [5.74, 6) is 4.91. The van der Waals surface area contributed by atoms with Crippen molar-refractivity contribution in [1.82, 2.24) is 9.80 Å². The standard InChI is InChI=1S/C31H42N2O2/c1-2-29(23-11-15-27(16-12-23)32-19-25-7-3-5-9-30(25)34-21-32)24-13-17-28(18-14-24)33-20-26-8-4-6-10-31(26)35-22-33/h3-10,23-24,27-29H,2,11-22H2,1H3. The summed E-state index contributed by atoms with van der Waals surface area (Å²) in [5, 5.41) is 0. The van der Waals surface area contributed by atoms with E-state index in [1.54, 1.807) is 0 Å². The number of hydrogen-bond donors (Lipinski definition) is 0. The molecule has 2 aliphatic carbocycles. The number of fused-ring (bicyclic) bond motifs is 2. The summed E-state index contributed by atoms with van der Waals surface area (Å²) in [6, 6.07) is 18.5. The molecular weight excluding hydrogens is 432 g/mol. The van der Waals surface area contributed by atoms with Gasteiger partial charge in [-0.05, 0) is 81.3 Å². The molecule has 0 atom stereocenters. The van der Waals surface area contributed by atoms with Crippen molar-refractivity contribution in [2.75, 3.05) is 13.5 Å². The Morgan fingerprint density at radius 1 is 0.657 bits per heavy atom. The lowest BCUT2D eigenvalue weighted by Gasteiger charge is -2.45. The van der Waals surface area contributed by atoms with Crippen LogP contribution in [0.2, 0.25) is 0 Å². The second-order valence-electron chi connectivity index (χ2n) is 11.5. The molecule has 0 N–H and O–H groups in total. The Morgan fingerprint density at radius 2 is 1.09 bits per heavy atom. The van der Waals surface area contributed by atoms with Crippen molar-refractivity contribution in [1.29, 1.82) is 0 Å². The maximum Gasteiger partial charge on any atom is 0.142 e. The molecule has 2 aliphatic heterocycles. The molecule has 0 bridgehead atoms.